The highest BCUT2D eigenvalue weighted by Gasteiger charge is 2.27. The molecule has 0 aliphatic heterocycles. The van der Waals surface area contributed by atoms with Gasteiger partial charge >= 0.3 is 5.97 Å². The fraction of sp³-hybridized carbons (Fsp3) is 0.304. The van der Waals surface area contributed by atoms with Crippen LogP contribution in [0.1, 0.15) is 11.1 Å². The van der Waals surface area contributed by atoms with Crippen LogP contribution in [0.5, 0.6) is 11.5 Å². The molecule has 9 N–H and O–H groups in total. The number of aliphatic hydroxyl groups is 1. The first kappa shape index (κ1) is 27.1. The predicted molar refractivity (Wildman–Crippen MR) is 123 cm³/mol. The maximum atomic E-state index is 13.0. The maximum Gasteiger partial charge on any atom is 0.326 e. The molecule has 0 aliphatic rings. The van der Waals surface area contributed by atoms with Gasteiger partial charge in [-0.15, -0.1) is 0 Å². The Morgan fingerprint density at radius 2 is 1.26 bits per heavy atom. The van der Waals surface area contributed by atoms with Gasteiger partial charge in [0.05, 0.1) is 13.2 Å². The third kappa shape index (κ3) is 8.95. The van der Waals surface area contributed by atoms with E-state index in [1.165, 1.54) is 48.5 Å². The third-order valence-electron chi connectivity index (χ3n) is 4.98. The van der Waals surface area contributed by atoms with Gasteiger partial charge in [0, 0.05) is 12.8 Å². The molecule has 3 unspecified atom stereocenters. The second-order valence-corrected chi connectivity index (χ2v) is 7.77. The lowest BCUT2D eigenvalue weighted by molar-refractivity contribution is -0.142. The Morgan fingerprint density at radius 1 is 0.771 bits per heavy atom. The molecule has 2 aromatic rings. The summed E-state index contributed by atoms with van der Waals surface area (Å²) in [5, 5.41) is 44.4. The topological polar surface area (TPSA) is 211 Å². The number of hydrogen-bond donors (Lipinski definition) is 8. The number of hydrogen-bond acceptors (Lipinski definition) is 8. The molecule has 0 saturated heterocycles. The normalized spacial score (nSPS) is 13.2. The fourth-order valence-corrected chi connectivity index (χ4v) is 3.04. The van der Waals surface area contributed by atoms with Crippen molar-refractivity contribution in [1.29, 1.82) is 0 Å². The largest absolute Gasteiger partial charge is 0.508 e. The number of aliphatic carboxylic acids is 1. The zero-order valence-electron chi connectivity index (χ0n) is 18.7. The first-order valence-corrected chi connectivity index (χ1v) is 10.6. The van der Waals surface area contributed by atoms with Crippen LogP contribution in [-0.2, 0) is 32.0 Å². The van der Waals surface area contributed by atoms with E-state index in [1.54, 1.807) is 0 Å². The highest BCUT2D eigenvalue weighted by molar-refractivity contribution is 5.92. The van der Waals surface area contributed by atoms with Crippen LogP contribution in [0.25, 0.3) is 0 Å². The Bertz CT molecular complexity index is 1030. The number of amides is 3. The third-order valence-corrected chi connectivity index (χ3v) is 4.98. The lowest BCUT2D eigenvalue weighted by Gasteiger charge is -2.22. The first-order chi connectivity index (χ1) is 16.6. The molecule has 3 amide bonds. The lowest BCUT2D eigenvalue weighted by Crippen LogP contribution is -2.55. The molecule has 2 aromatic carbocycles. The van der Waals surface area contributed by atoms with Gasteiger partial charge in [-0.25, -0.2) is 4.79 Å². The molecule has 12 heteroatoms. The van der Waals surface area contributed by atoms with Crippen molar-refractivity contribution in [2.24, 2.45) is 5.73 Å². The minimum atomic E-state index is -1.33. The van der Waals surface area contributed by atoms with Gasteiger partial charge in [0.15, 0.2) is 0 Å². The maximum absolute atomic E-state index is 13.0. The van der Waals surface area contributed by atoms with Gasteiger partial charge in [-0.3, -0.25) is 14.4 Å². The highest BCUT2D eigenvalue weighted by atomic mass is 16.4. The molecular weight excluding hydrogens is 460 g/mol. The van der Waals surface area contributed by atoms with Crippen LogP contribution in [0.15, 0.2) is 48.5 Å². The van der Waals surface area contributed by atoms with Crippen molar-refractivity contribution in [2.75, 3.05) is 13.2 Å². The summed E-state index contributed by atoms with van der Waals surface area (Å²) in [6.07, 6.45) is -0.107. The molecule has 12 nitrogen and oxygen atoms in total. The van der Waals surface area contributed by atoms with Gasteiger partial charge in [0.2, 0.25) is 17.7 Å². The van der Waals surface area contributed by atoms with Crippen LogP contribution in [-0.4, -0.2) is 75.4 Å². The van der Waals surface area contributed by atoms with E-state index in [9.17, 15) is 34.5 Å². The van der Waals surface area contributed by atoms with E-state index in [0.29, 0.717) is 11.1 Å². The number of nitrogens with one attached hydrogen (secondary N) is 3. The van der Waals surface area contributed by atoms with Crippen molar-refractivity contribution in [2.45, 2.75) is 31.0 Å². The second-order valence-electron chi connectivity index (χ2n) is 7.77. The number of nitrogens with two attached hydrogens (primary N) is 1. The molecule has 0 aromatic heterocycles. The number of rotatable bonds is 12. The van der Waals surface area contributed by atoms with Crippen LogP contribution in [0, 0.1) is 0 Å². The van der Waals surface area contributed by atoms with Crippen LogP contribution in [0.4, 0.5) is 0 Å². The van der Waals surface area contributed by atoms with Crippen molar-refractivity contribution < 1.29 is 39.6 Å². The van der Waals surface area contributed by atoms with E-state index < -0.39 is 55.0 Å². The molecule has 35 heavy (non-hydrogen) atoms. The van der Waals surface area contributed by atoms with Crippen molar-refractivity contribution in [3.8, 4) is 11.5 Å². The van der Waals surface area contributed by atoms with E-state index in [2.05, 4.69) is 16.0 Å². The molecule has 0 saturated carbocycles. The van der Waals surface area contributed by atoms with Gasteiger partial charge in [-0.1, -0.05) is 24.3 Å². The molecule has 0 heterocycles. The van der Waals surface area contributed by atoms with Gasteiger partial charge < -0.3 is 42.1 Å². The van der Waals surface area contributed by atoms with E-state index in [1.807, 2.05) is 0 Å². The number of carboxylic acid groups (broad SMARTS) is 1. The van der Waals surface area contributed by atoms with E-state index in [0.717, 1.165) is 0 Å². The number of benzene rings is 2. The van der Waals surface area contributed by atoms with Crippen molar-refractivity contribution >= 4 is 23.7 Å². The van der Waals surface area contributed by atoms with Gasteiger partial charge in [0.25, 0.3) is 0 Å². The Labute approximate surface area is 200 Å². The monoisotopic (exact) mass is 488 g/mol. The molecule has 2 rings (SSSR count). The smallest absolute Gasteiger partial charge is 0.326 e. The Balaban J connectivity index is 2.13. The molecular formula is C23H28N4O8. The van der Waals surface area contributed by atoms with Crippen LogP contribution in [0.3, 0.4) is 0 Å². The predicted octanol–water partition coefficient (Wildman–Crippen LogP) is -1.63. The summed E-state index contributed by atoms with van der Waals surface area (Å²) in [5.74, 6) is -3.58. The molecule has 0 spiro atoms. The summed E-state index contributed by atoms with van der Waals surface area (Å²) >= 11 is 0. The van der Waals surface area contributed by atoms with E-state index >= 15 is 0 Å². The number of phenols is 2. The van der Waals surface area contributed by atoms with Gasteiger partial charge in [0.1, 0.15) is 29.6 Å². The minimum Gasteiger partial charge on any atom is -0.508 e. The minimum absolute atomic E-state index is 0.00145. The summed E-state index contributed by atoms with van der Waals surface area (Å²) in [5.41, 5.74) is 6.50. The second kappa shape index (κ2) is 12.9. The van der Waals surface area contributed by atoms with E-state index in [4.69, 9.17) is 10.8 Å². The lowest BCUT2D eigenvalue weighted by atomic mass is 10.0. The number of aromatic hydroxyl groups is 2. The zero-order valence-corrected chi connectivity index (χ0v) is 18.7. The molecule has 188 valence electrons. The first-order valence-electron chi connectivity index (χ1n) is 10.6. The van der Waals surface area contributed by atoms with Crippen molar-refractivity contribution in [1.82, 2.24) is 16.0 Å². The Morgan fingerprint density at radius 3 is 1.71 bits per heavy atom. The van der Waals surface area contributed by atoms with E-state index in [-0.39, 0.29) is 24.3 Å². The summed E-state index contributed by atoms with van der Waals surface area (Å²) in [6.45, 7) is -1.14. The Hall–Kier alpha value is -4.16. The zero-order chi connectivity index (χ0) is 26.0. The van der Waals surface area contributed by atoms with Crippen LogP contribution in [0.2, 0.25) is 0 Å². The SMILES string of the molecule is NC(CO)C(=O)NCC(=O)NC(Cc1ccc(O)cc1)C(=O)NC(Cc1ccc(O)cc1)C(=O)O. The summed E-state index contributed by atoms with van der Waals surface area (Å²) < 4.78 is 0. The molecule has 0 fully saturated rings. The number of carbonyl (C=O) groups is 4. The van der Waals surface area contributed by atoms with Gasteiger partial charge in [-0.2, -0.15) is 0 Å². The molecule has 0 radical (unpaired) electrons. The van der Waals surface area contributed by atoms with Gasteiger partial charge in [-0.05, 0) is 35.4 Å². The molecule has 0 aliphatic carbocycles. The number of carboxylic acids is 1. The van der Waals surface area contributed by atoms with Crippen molar-refractivity contribution in [3.63, 3.8) is 0 Å². The quantitative estimate of drug-likeness (QED) is 0.172. The average Bonchev–Trinajstić information content (AvgIpc) is 2.83. The number of carbonyl (C=O) groups excluding carboxylic acids is 3. The summed E-state index contributed by atoms with van der Waals surface area (Å²) in [4.78, 5) is 48.8. The van der Waals surface area contributed by atoms with Crippen LogP contribution < -0.4 is 21.7 Å². The molecule has 3 atom stereocenters. The summed E-state index contributed by atoms with van der Waals surface area (Å²) in [6, 6.07) is 7.94. The van der Waals surface area contributed by atoms with Crippen molar-refractivity contribution in [3.05, 3.63) is 59.7 Å². The number of phenolic OH excluding ortho intramolecular Hbond substituents is 2. The molecule has 0 bridgehead atoms. The fourth-order valence-electron chi connectivity index (χ4n) is 3.04. The highest BCUT2D eigenvalue weighted by Crippen LogP contribution is 2.13. The number of aliphatic hydroxyl groups excluding tert-OH is 1. The average molecular weight is 488 g/mol. The Kier molecular flexibility index (Phi) is 9.99. The summed E-state index contributed by atoms with van der Waals surface area (Å²) in [7, 11) is 0. The van der Waals surface area contributed by atoms with Crippen LogP contribution >= 0.6 is 0 Å². The standard InChI is InChI=1S/C23H28N4O8/c24-17(12-28)21(32)25-11-20(31)26-18(9-13-1-5-15(29)6-2-13)22(33)27-19(23(34)35)10-14-3-7-16(30)8-4-14/h1-8,17-19,28-30H,9-12,24H2,(H,25,32)(H,26,31)(H,27,33)(H,34,35).